The van der Waals surface area contributed by atoms with E-state index in [-0.39, 0.29) is 5.56 Å². The molecule has 0 saturated heterocycles. The minimum atomic E-state index is -4.81. The Morgan fingerprint density at radius 2 is 1.86 bits per heavy atom. The van der Waals surface area contributed by atoms with Gasteiger partial charge in [-0.15, -0.1) is 0 Å². The second kappa shape index (κ2) is 7.27. The van der Waals surface area contributed by atoms with Crippen LogP contribution >= 0.6 is 0 Å². The van der Waals surface area contributed by atoms with Gasteiger partial charge in [0.25, 0.3) is 0 Å². The average Bonchev–Trinajstić information content (AvgIpc) is 3.02. The van der Waals surface area contributed by atoms with Gasteiger partial charge in [0.15, 0.2) is 5.78 Å². The van der Waals surface area contributed by atoms with E-state index in [1.807, 2.05) is 0 Å². The van der Waals surface area contributed by atoms with E-state index in [1.165, 1.54) is 6.07 Å². The van der Waals surface area contributed by atoms with E-state index in [4.69, 9.17) is 5.26 Å². The van der Waals surface area contributed by atoms with E-state index >= 15 is 0 Å². The number of nitriles is 1. The van der Waals surface area contributed by atoms with Crippen molar-refractivity contribution in [3.8, 4) is 6.07 Å². The number of carbonyl (C=O) groups is 1. The molecule has 11 heteroatoms. The summed E-state index contributed by atoms with van der Waals surface area (Å²) in [6.45, 7) is 0.406. The van der Waals surface area contributed by atoms with Crippen LogP contribution in [0.4, 0.5) is 26.3 Å². The zero-order valence-electron chi connectivity index (χ0n) is 14.3. The maximum atomic E-state index is 13.0. The van der Waals surface area contributed by atoms with E-state index in [2.05, 4.69) is 5.10 Å². The van der Waals surface area contributed by atoms with Gasteiger partial charge in [0.05, 0.1) is 35.5 Å². The van der Waals surface area contributed by atoms with E-state index in [0.717, 1.165) is 23.7 Å². The molecule has 0 saturated carbocycles. The highest BCUT2D eigenvalue weighted by Crippen LogP contribution is 2.33. The highest BCUT2D eigenvalue weighted by atomic mass is 19.4. The fraction of sp³-hybridized carbons (Fsp3) is 0.353. The molecule has 28 heavy (non-hydrogen) atoms. The molecule has 0 aliphatic heterocycles. The maximum absolute atomic E-state index is 13.0. The number of alkyl halides is 6. The minimum absolute atomic E-state index is 0.104. The Morgan fingerprint density at radius 1 is 1.21 bits per heavy atom. The Kier molecular flexibility index (Phi) is 5.57. The molecule has 1 atom stereocenters. The second-order valence-electron chi connectivity index (χ2n) is 6.29. The zero-order chi connectivity index (χ0) is 21.3. The van der Waals surface area contributed by atoms with Crippen LogP contribution in [0.25, 0.3) is 0 Å². The quantitative estimate of drug-likeness (QED) is 0.774. The van der Waals surface area contributed by atoms with Crippen LogP contribution in [-0.2, 0) is 30.1 Å². The van der Waals surface area contributed by atoms with Crippen molar-refractivity contribution >= 4 is 5.78 Å². The SMILES string of the molecule is C[C@](O)(Cn1cc(C(F)(F)F)cn1)C(=O)Cc1ccc(C#N)c(C(F)(F)F)c1. The van der Waals surface area contributed by atoms with Gasteiger partial charge in [0.1, 0.15) is 5.60 Å². The fourth-order valence-corrected chi connectivity index (χ4v) is 2.41. The van der Waals surface area contributed by atoms with Crippen LogP contribution in [0, 0.1) is 11.3 Å². The molecule has 1 aromatic heterocycles. The van der Waals surface area contributed by atoms with Gasteiger partial charge in [-0.25, -0.2) is 0 Å². The molecule has 0 fully saturated rings. The first-order valence-corrected chi connectivity index (χ1v) is 7.69. The van der Waals surface area contributed by atoms with Gasteiger partial charge in [-0.3, -0.25) is 9.48 Å². The van der Waals surface area contributed by atoms with Gasteiger partial charge in [-0.05, 0) is 24.6 Å². The van der Waals surface area contributed by atoms with Crippen LogP contribution in [0.3, 0.4) is 0 Å². The topological polar surface area (TPSA) is 78.9 Å². The lowest BCUT2D eigenvalue weighted by Gasteiger charge is -2.22. The zero-order valence-corrected chi connectivity index (χ0v) is 14.3. The number of benzene rings is 1. The summed E-state index contributed by atoms with van der Waals surface area (Å²) >= 11 is 0. The smallest absolute Gasteiger partial charge is 0.380 e. The molecule has 0 aliphatic carbocycles. The highest BCUT2D eigenvalue weighted by Gasteiger charge is 2.36. The van der Waals surface area contributed by atoms with Crippen LogP contribution < -0.4 is 0 Å². The Bertz CT molecular complexity index is 922. The van der Waals surface area contributed by atoms with Crippen molar-refractivity contribution in [3.63, 3.8) is 0 Å². The third-order valence-electron chi connectivity index (χ3n) is 3.91. The van der Waals surface area contributed by atoms with Crippen LogP contribution in [-0.4, -0.2) is 26.3 Å². The summed E-state index contributed by atoms with van der Waals surface area (Å²) in [7, 11) is 0. The number of nitrogens with zero attached hydrogens (tertiary/aromatic N) is 3. The normalized spacial score (nSPS) is 14.4. The number of Topliss-reactive ketones (excluding diaryl/α,β-unsaturated/α-hetero) is 1. The van der Waals surface area contributed by atoms with Gasteiger partial charge in [0, 0.05) is 12.6 Å². The summed E-state index contributed by atoms with van der Waals surface area (Å²) < 4.78 is 77.4. The lowest BCUT2D eigenvalue weighted by molar-refractivity contribution is -0.139. The van der Waals surface area contributed by atoms with Gasteiger partial charge in [-0.2, -0.15) is 36.7 Å². The number of ketones is 1. The number of hydrogen-bond donors (Lipinski definition) is 1. The van der Waals surface area contributed by atoms with Crippen molar-refractivity contribution in [2.24, 2.45) is 0 Å². The molecule has 0 bridgehead atoms. The average molecular weight is 405 g/mol. The first-order valence-electron chi connectivity index (χ1n) is 7.69. The summed E-state index contributed by atoms with van der Waals surface area (Å²) in [5.41, 5.74) is -5.19. The van der Waals surface area contributed by atoms with Crippen LogP contribution in [0.2, 0.25) is 0 Å². The van der Waals surface area contributed by atoms with Crippen molar-refractivity contribution in [2.45, 2.75) is 37.8 Å². The van der Waals surface area contributed by atoms with E-state index < -0.39 is 53.4 Å². The molecule has 5 nitrogen and oxygen atoms in total. The number of aliphatic hydroxyl groups is 1. The van der Waals surface area contributed by atoms with Crippen LogP contribution in [0.15, 0.2) is 30.6 Å². The molecule has 150 valence electrons. The molecule has 1 aromatic carbocycles. The monoisotopic (exact) mass is 405 g/mol. The molecule has 2 rings (SSSR count). The number of halogens is 6. The van der Waals surface area contributed by atoms with Crippen molar-refractivity contribution in [2.75, 3.05) is 0 Å². The van der Waals surface area contributed by atoms with Crippen molar-refractivity contribution in [3.05, 3.63) is 52.8 Å². The molecule has 0 amide bonds. The fourth-order valence-electron chi connectivity index (χ4n) is 2.41. The third-order valence-corrected chi connectivity index (χ3v) is 3.91. The highest BCUT2D eigenvalue weighted by molar-refractivity contribution is 5.88. The summed E-state index contributed by atoms with van der Waals surface area (Å²) in [4.78, 5) is 12.3. The van der Waals surface area contributed by atoms with Crippen molar-refractivity contribution in [1.82, 2.24) is 9.78 Å². The second-order valence-corrected chi connectivity index (χ2v) is 6.29. The lowest BCUT2D eigenvalue weighted by atomic mass is 9.93. The summed E-state index contributed by atoms with van der Waals surface area (Å²) in [5.74, 6) is -0.922. The molecular formula is C17H13F6N3O2. The van der Waals surface area contributed by atoms with Gasteiger partial charge < -0.3 is 5.11 Å². The van der Waals surface area contributed by atoms with Gasteiger partial charge in [0.2, 0.25) is 0 Å². The number of carbonyl (C=O) groups excluding carboxylic acids is 1. The van der Waals surface area contributed by atoms with E-state index in [1.54, 1.807) is 0 Å². The lowest BCUT2D eigenvalue weighted by Crippen LogP contribution is -2.41. The number of rotatable bonds is 5. The molecule has 1 heterocycles. The third kappa shape index (κ3) is 4.89. The van der Waals surface area contributed by atoms with Crippen LogP contribution in [0.1, 0.15) is 29.2 Å². The molecule has 0 unspecified atom stereocenters. The summed E-state index contributed by atoms with van der Waals surface area (Å²) in [6, 6.07) is 4.07. The molecule has 0 spiro atoms. The van der Waals surface area contributed by atoms with Gasteiger partial charge >= 0.3 is 12.4 Å². The van der Waals surface area contributed by atoms with Crippen molar-refractivity contribution < 1.29 is 36.2 Å². The predicted molar refractivity (Wildman–Crippen MR) is 82.7 cm³/mol. The molecule has 1 N–H and O–H groups in total. The van der Waals surface area contributed by atoms with Crippen molar-refractivity contribution in [1.29, 1.82) is 5.26 Å². The standard InChI is InChI=1S/C17H13F6N3O2/c1-15(28,9-26-8-12(7-25-26)16(18,19)20)14(27)5-10-2-3-11(6-24)13(4-10)17(21,22)23/h2-4,7-8,28H,5,9H2,1H3/t15-/m0/s1. The maximum Gasteiger partial charge on any atom is 0.419 e. The van der Waals surface area contributed by atoms with E-state index in [9.17, 15) is 36.2 Å². The largest absolute Gasteiger partial charge is 0.419 e. The minimum Gasteiger partial charge on any atom is -0.380 e. The Balaban J connectivity index is 2.19. The van der Waals surface area contributed by atoms with Gasteiger partial charge in [-0.1, -0.05) is 6.07 Å². The molecule has 2 aromatic rings. The molecule has 0 aliphatic rings. The number of aromatic nitrogens is 2. The van der Waals surface area contributed by atoms with Crippen LogP contribution in [0.5, 0.6) is 0 Å². The Labute approximate surface area is 154 Å². The molecular weight excluding hydrogens is 392 g/mol. The molecule has 0 radical (unpaired) electrons. The summed E-state index contributed by atoms with van der Waals surface area (Å²) in [6.07, 6.45) is -8.95. The Morgan fingerprint density at radius 3 is 2.36 bits per heavy atom. The first-order chi connectivity index (χ1) is 12.7. The number of hydrogen-bond acceptors (Lipinski definition) is 4. The summed E-state index contributed by atoms with van der Waals surface area (Å²) in [5, 5.41) is 22.5. The predicted octanol–water partition coefficient (Wildman–Crippen LogP) is 3.36. The van der Waals surface area contributed by atoms with E-state index in [0.29, 0.717) is 18.5 Å². The first kappa shape index (κ1) is 21.4. The Hall–Kier alpha value is -2.87.